The first-order valence-corrected chi connectivity index (χ1v) is 7.44. The van der Waals surface area contributed by atoms with E-state index in [1.807, 2.05) is 0 Å². The summed E-state index contributed by atoms with van der Waals surface area (Å²) in [4.78, 5) is 0. The molecule has 0 bridgehead atoms. The van der Waals surface area contributed by atoms with E-state index in [2.05, 4.69) is 5.32 Å². The Morgan fingerprint density at radius 1 is 1.20 bits per heavy atom. The first-order valence-electron chi connectivity index (χ1n) is 5.72. The first kappa shape index (κ1) is 11.4. The number of sulfone groups is 1. The van der Waals surface area contributed by atoms with Gasteiger partial charge in [-0.1, -0.05) is 12.8 Å². The van der Waals surface area contributed by atoms with Gasteiger partial charge in [-0.2, -0.15) is 0 Å². The topological polar surface area (TPSA) is 55.4 Å². The zero-order valence-electron chi connectivity index (χ0n) is 8.94. The second-order valence-electron chi connectivity index (χ2n) is 4.42. The molecule has 88 valence electrons. The lowest BCUT2D eigenvalue weighted by Gasteiger charge is -2.27. The molecule has 1 aliphatic carbocycles. The maximum absolute atomic E-state index is 11.8. The van der Waals surface area contributed by atoms with Crippen molar-refractivity contribution in [3.05, 3.63) is 0 Å². The normalized spacial score (nSPS) is 24.3. The lowest BCUT2D eigenvalue weighted by Crippen LogP contribution is -2.49. The van der Waals surface area contributed by atoms with Gasteiger partial charge in [0.05, 0.1) is 23.7 Å². The van der Waals surface area contributed by atoms with Crippen molar-refractivity contribution >= 4 is 9.84 Å². The van der Waals surface area contributed by atoms with Gasteiger partial charge in [0.1, 0.15) is 0 Å². The van der Waals surface area contributed by atoms with E-state index in [0.29, 0.717) is 6.61 Å². The Labute approximate surface area is 91.3 Å². The van der Waals surface area contributed by atoms with Crippen molar-refractivity contribution in [2.24, 2.45) is 0 Å². The fraction of sp³-hybridized carbons (Fsp3) is 1.00. The van der Waals surface area contributed by atoms with E-state index < -0.39 is 9.84 Å². The fourth-order valence-electron chi connectivity index (χ4n) is 2.13. The highest BCUT2D eigenvalue weighted by molar-refractivity contribution is 7.92. The van der Waals surface area contributed by atoms with Crippen LogP contribution in [-0.4, -0.2) is 45.2 Å². The van der Waals surface area contributed by atoms with E-state index in [9.17, 15) is 8.42 Å². The number of ether oxygens (including phenoxy) is 1. The molecule has 0 aromatic rings. The molecule has 1 N–H and O–H groups in total. The molecule has 0 amide bonds. The van der Waals surface area contributed by atoms with Gasteiger partial charge in [-0.15, -0.1) is 0 Å². The Morgan fingerprint density at radius 2 is 1.87 bits per heavy atom. The van der Waals surface area contributed by atoms with Gasteiger partial charge >= 0.3 is 0 Å². The zero-order valence-corrected chi connectivity index (χ0v) is 9.76. The molecule has 2 aliphatic rings. The van der Waals surface area contributed by atoms with E-state index in [1.54, 1.807) is 0 Å². The van der Waals surface area contributed by atoms with Crippen LogP contribution in [0.4, 0.5) is 0 Å². The highest BCUT2D eigenvalue weighted by Crippen LogP contribution is 2.25. The molecule has 0 unspecified atom stereocenters. The van der Waals surface area contributed by atoms with Crippen LogP contribution in [0.25, 0.3) is 0 Å². The summed E-state index contributed by atoms with van der Waals surface area (Å²) in [5.74, 6) is 0.203. The largest absolute Gasteiger partial charge is 0.375 e. The van der Waals surface area contributed by atoms with Crippen molar-refractivity contribution in [1.29, 1.82) is 0 Å². The molecule has 2 fully saturated rings. The van der Waals surface area contributed by atoms with Gasteiger partial charge in [0.15, 0.2) is 9.84 Å². The van der Waals surface area contributed by atoms with Gasteiger partial charge in [0.2, 0.25) is 0 Å². The van der Waals surface area contributed by atoms with Crippen LogP contribution in [0.1, 0.15) is 25.7 Å². The van der Waals surface area contributed by atoms with Gasteiger partial charge in [-0.3, -0.25) is 0 Å². The third-order valence-corrected chi connectivity index (χ3v) is 5.50. The predicted molar refractivity (Wildman–Crippen MR) is 58.7 cm³/mol. The predicted octanol–water partition coefficient (Wildman–Crippen LogP) is 0.332. The van der Waals surface area contributed by atoms with Gasteiger partial charge in [0.25, 0.3) is 0 Å². The van der Waals surface area contributed by atoms with Gasteiger partial charge in [0, 0.05) is 13.1 Å². The second kappa shape index (κ2) is 4.80. The summed E-state index contributed by atoms with van der Waals surface area (Å²) in [6.07, 6.45) is 4.08. The molecule has 0 aromatic carbocycles. The fourth-order valence-corrected chi connectivity index (χ4v) is 3.84. The van der Waals surface area contributed by atoms with Crippen LogP contribution in [0.3, 0.4) is 0 Å². The Balaban J connectivity index is 1.71. The van der Waals surface area contributed by atoms with Crippen LogP contribution in [0.5, 0.6) is 0 Å². The highest BCUT2D eigenvalue weighted by atomic mass is 32.2. The van der Waals surface area contributed by atoms with Crippen molar-refractivity contribution in [3.63, 3.8) is 0 Å². The molecule has 1 saturated heterocycles. The lowest BCUT2D eigenvalue weighted by molar-refractivity contribution is 0.0280. The molecule has 15 heavy (non-hydrogen) atoms. The third kappa shape index (κ3) is 2.92. The molecule has 4 nitrogen and oxygen atoms in total. The molecular formula is C10H19NO3S. The highest BCUT2D eigenvalue weighted by Gasteiger charge is 2.28. The maximum atomic E-state index is 11.8. The van der Waals surface area contributed by atoms with E-state index in [4.69, 9.17) is 4.74 Å². The Morgan fingerprint density at radius 3 is 2.40 bits per heavy atom. The van der Waals surface area contributed by atoms with E-state index >= 15 is 0 Å². The monoisotopic (exact) mass is 233 g/mol. The molecule has 1 aliphatic heterocycles. The molecule has 0 atom stereocenters. The maximum Gasteiger partial charge on any atom is 0.155 e. The zero-order chi connectivity index (χ0) is 10.7. The van der Waals surface area contributed by atoms with E-state index in [-0.39, 0.29) is 17.1 Å². The number of hydrogen-bond acceptors (Lipinski definition) is 4. The molecule has 1 saturated carbocycles. The summed E-state index contributed by atoms with van der Waals surface area (Å²) in [7, 11) is -2.89. The molecule has 0 radical (unpaired) electrons. The SMILES string of the molecule is O=S(=O)(CCOC1CNC1)C1CCCC1. The van der Waals surface area contributed by atoms with Gasteiger partial charge < -0.3 is 10.1 Å². The van der Waals surface area contributed by atoms with Crippen molar-refractivity contribution in [3.8, 4) is 0 Å². The average Bonchev–Trinajstić information content (AvgIpc) is 2.62. The Bertz CT molecular complexity index is 292. The number of hydrogen-bond donors (Lipinski definition) is 1. The quantitative estimate of drug-likeness (QED) is 0.743. The smallest absolute Gasteiger partial charge is 0.155 e. The average molecular weight is 233 g/mol. The molecule has 2 rings (SSSR count). The lowest BCUT2D eigenvalue weighted by atomic mass is 10.2. The van der Waals surface area contributed by atoms with E-state index in [0.717, 1.165) is 38.8 Å². The molecule has 0 spiro atoms. The van der Waals surface area contributed by atoms with Crippen LogP contribution in [0.15, 0.2) is 0 Å². The van der Waals surface area contributed by atoms with Crippen molar-refractivity contribution in [1.82, 2.24) is 5.32 Å². The summed E-state index contributed by atoms with van der Waals surface area (Å²) in [6.45, 7) is 2.10. The van der Waals surface area contributed by atoms with Gasteiger partial charge in [-0.25, -0.2) is 8.42 Å². The standard InChI is InChI=1S/C10H19NO3S/c12-15(13,10-3-1-2-4-10)6-5-14-9-7-11-8-9/h9-11H,1-8H2. The summed E-state index contributed by atoms with van der Waals surface area (Å²) < 4.78 is 29.1. The minimum atomic E-state index is -2.89. The van der Waals surface area contributed by atoms with E-state index in [1.165, 1.54) is 0 Å². The van der Waals surface area contributed by atoms with Crippen LogP contribution < -0.4 is 5.32 Å². The number of rotatable bonds is 5. The molecule has 1 heterocycles. The minimum Gasteiger partial charge on any atom is -0.375 e. The minimum absolute atomic E-state index is 0.0828. The second-order valence-corrected chi connectivity index (χ2v) is 6.83. The molecule has 5 heteroatoms. The third-order valence-electron chi connectivity index (χ3n) is 3.28. The van der Waals surface area contributed by atoms with Crippen LogP contribution in [0, 0.1) is 0 Å². The molecule has 0 aromatic heterocycles. The number of nitrogens with one attached hydrogen (secondary N) is 1. The first-order chi connectivity index (χ1) is 7.18. The summed E-state index contributed by atoms with van der Waals surface area (Å²) in [5, 5.41) is 3.01. The summed E-state index contributed by atoms with van der Waals surface area (Å²) >= 11 is 0. The summed E-state index contributed by atoms with van der Waals surface area (Å²) in [6, 6.07) is 0. The summed E-state index contributed by atoms with van der Waals surface area (Å²) in [5.41, 5.74) is 0. The Hall–Kier alpha value is -0.130. The van der Waals surface area contributed by atoms with Crippen molar-refractivity contribution < 1.29 is 13.2 Å². The van der Waals surface area contributed by atoms with Crippen LogP contribution >= 0.6 is 0 Å². The Kier molecular flexibility index (Phi) is 3.64. The van der Waals surface area contributed by atoms with Gasteiger partial charge in [-0.05, 0) is 12.8 Å². The van der Waals surface area contributed by atoms with Crippen molar-refractivity contribution in [2.45, 2.75) is 37.0 Å². The van der Waals surface area contributed by atoms with Crippen LogP contribution in [-0.2, 0) is 14.6 Å². The van der Waals surface area contributed by atoms with Crippen molar-refractivity contribution in [2.75, 3.05) is 25.4 Å². The van der Waals surface area contributed by atoms with Crippen LogP contribution in [0.2, 0.25) is 0 Å². The molecular weight excluding hydrogens is 214 g/mol.